The summed E-state index contributed by atoms with van der Waals surface area (Å²) in [7, 11) is -3.84. The quantitative estimate of drug-likeness (QED) is 0.558. The Hall–Kier alpha value is -2.32. The van der Waals surface area contributed by atoms with Gasteiger partial charge in [-0.25, -0.2) is 17.9 Å². The molecule has 1 aromatic carbocycles. The molecule has 3 N–H and O–H groups in total. The minimum atomic E-state index is -3.84. The van der Waals surface area contributed by atoms with Crippen molar-refractivity contribution in [3.05, 3.63) is 47.9 Å². The fourth-order valence-electron chi connectivity index (χ4n) is 2.28. The van der Waals surface area contributed by atoms with E-state index in [2.05, 4.69) is 17.0 Å². The molecule has 1 aromatic heterocycles. The first-order valence-electron chi connectivity index (χ1n) is 8.07. The van der Waals surface area contributed by atoms with Crippen LogP contribution in [0.1, 0.15) is 42.3 Å². The maximum Gasteiger partial charge on any atom is 0.337 e. The number of hydrogen-bond acceptors (Lipinski definition) is 5. The molecule has 2 aromatic rings. The average molecular weight is 366 g/mol. The van der Waals surface area contributed by atoms with E-state index in [4.69, 9.17) is 4.42 Å². The van der Waals surface area contributed by atoms with E-state index in [1.54, 1.807) is 12.1 Å². The second kappa shape index (κ2) is 8.68. The Morgan fingerprint density at radius 3 is 2.68 bits per heavy atom. The Kier molecular flexibility index (Phi) is 6.60. The van der Waals surface area contributed by atoms with Gasteiger partial charge in [0, 0.05) is 12.2 Å². The van der Waals surface area contributed by atoms with Crippen LogP contribution < -0.4 is 10.0 Å². The maximum absolute atomic E-state index is 12.3. The molecule has 0 atom stereocenters. The normalized spacial score (nSPS) is 11.4. The molecule has 0 amide bonds. The molecule has 0 aliphatic carbocycles. The summed E-state index contributed by atoms with van der Waals surface area (Å²) in [5.74, 6) is -0.711. The lowest BCUT2D eigenvalue weighted by molar-refractivity contribution is 0.0697. The minimum Gasteiger partial charge on any atom is -0.478 e. The number of carbonyl (C=O) groups is 1. The number of carboxylic acid groups (broad SMARTS) is 1. The Morgan fingerprint density at radius 1 is 1.24 bits per heavy atom. The van der Waals surface area contributed by atoms with E-state index >= 15 is 0 Å². The molecule has 0 bridgehead atoms. The molecule has 0 aliphatic rings. The van der Waals surface area contributed by atoms with Gasteiger partial charge in [-0.1, -0.05) is 19.8 Å². The fourth-order valence-corrected chi connectivity index (χ4v) is 3.30. The van der Waals surface area contributed by atoms with E-state index in [1.165, 1.54) is 18.4 Å². The smallest absolute Gasteiger partial charge is 0.337 e. The van der Waals surface area contributed by atoms with E-state index in [9.17, 15) is 18.3 Å². The molecule has 0 aliphatic heterocycles. The van der Waals surface area contributed by atoms with Crippen molar-refractivity contribution in [3.8, 4) is 0 Å². The van der Waals surface area contributed by atoms with E-state index < -0.39 is 16.0 Å². The number of rotatable bonds is 10. The summed E-state index contributed by atoms with van der Waals surface area (Å²) in [6.07, 6.45) is 4.47. The summed E-state index contributed by atoms with van der Waals surface area (Å²) in [6.45, 7) is 2.71. The van der Waals surface area contributed by atoms with Gasteiger partial charge in [-0.2, -0.15) is 0 Å². The third-order valence-corrected chi connectivity index (χ3v) is 5.04. The molecular weight excluding hydrogens is 344 g/mol. The Balaban J connectivity index is 2.14. The first-order chi connectivity index (χ1) is 11.9. The second-order valence-corrected chi connectivity index (χ2v) is 7.32. The zero-order chi connectivity index (χ0) is 18.3. The van der Waals surface area contributed by atoms with Crippen LogP contribution in [0.3, 0.4) is 0 Å². The average Bonchev–Trinajstić information content (AvgIpc) is 3.10. The second-order valence-electron chi connectivity index (χ2n) is 5.55. The number of sulfonamides is 1. The topological polar surface area (TPSA) is 109 Å². The molecule has 25 heavy (non-hydrogen) atoms. The van der Waals surface area contributed by atoms with Gasteiger partial charge in [-0.05, 0) is 36.8 Å². The van der Waals surface area contributed by atoms with Crippen LogP contribution in [0.2, 0.25) is 0 Å². The molecule has 0 radical (unpaired) electrons. The number of nitrogens with one attached hydrogen (secondary N) is 2. The lowest BCUT2D eigenvalue weighted by atomic mass is 10.1. The van der Waals surface area contributed by atoms with Gasteiger partial charge in [0.05, 0.1) is 23.3 Å². The van der Waals surface area contributed by atoms with E-state index in [0.717, 1.165) is 25.3 Å². The predicted octanol–water partition coefficient (Wildman–Crippen LogP) is 3.06. The highest BCUT2D eigenvalue weighted by Crippen LogP contribution is 2.21. The van der Waals surface area contributed by atoms with Gasteiger partial charge in [0.25, 0.3) is 0 Å². The van der Waals surface area contributed by atoms with Crippen LogP contribution in [0, 0.1) is 0 Å². The van der Waals surface area contributed by atoms with E-state index in [-0.39, 0.29) is 17.0 Å². The third-order valence-electron chi connectivity index (χ3n) is 3.64. The van der Waals surface area contributed by atoms with Crippen molar-refractivity contribution in [3.63, 3.8) is 0 Å². The molecule has 136 valence electrons. The van der Waals surface area contributed by atoms with Crippen LogP contribution in [0.15, 0.2) is 45.9 Å². The van der Waals surface area contributed by atoms with Crippen LogP contribution in [0.5, 0.6) is 0 Å². The number of aromatic carboxylic acids is 1. The monoisotopic (exact) mass is 366 g/mol. The summed E-state index contributed by atoms with van der Waals surface area (Å²) < 4.78 is 32.2. The van der Waals surface area contributed by atoms with E-state index in [1.807, 2.05) is 0 Å². The van der Waals surface area contributed by atoms with Crippen molar-refractivity contribution in [2.45, 2.75) is 37.6 Å². The van der Waals surface area contributed by atoms with Gasteiger partial charge >= 0.3 is 5.97 Å². The molecule has 1 heterocycles. The standard InChI is InChI=1S/C17H22N2O5S/c1-2-3-4-9-18-16-8-7-14(11-15(16)17(20)21)25(22,23)19-12-13-6-5-10-24-13/h5-8,10-11,18-19H,2-4,9,12H2,1H3,(H,20,21). The summed E-state index contributed by atoms with van der Waals surface area (Å²) in [6, 6.07) is 7.34. The third kappa shape index (κ3) is 5.33. The molecular formula is C17H22N2O5S. The van der Waals surface area contributed by atoms with E-state index in [0.29, 0.717) is 18.0 Å². The van der Waals surface area contributed by atoms with Crippen molar-refractivity contribution in [2.24, 2.45) is 0 Å². The Morgan fingerprint density at radius 2 is 2.04 bits per heavy atom. The van der Waals surface area contributed by atoms with Crippen molar-refractivity contribution in [1.29, 1.82) is 0 Å². The molecule has 0 fully saturated rings. The van der Waals surface area contributed by atoms with Gasteiger partial charge in [-0.3, -0.25) is 0 Å². The highest BCUT2D eigenvalue weighted by Gasteiger charge is 2.19. The van der Waals surface area contributed by atoms with Crippen molar-refractivity contribution in [2.75, 3.05) is 11.9 Å². The highest BCUT2D eigenvalue weighted by atomic mass is 32.2. The van der Waals surface area contributed by atoms with Crippen molar-refractivity contribution >= 4 is 21.7 Å². The van der Waals surface area contributed by atoms with Gasteiger partial charge < -0.3 is 14.8 Å². The number of furan rings is 1. The molecule has 0 spiro atoms. The number of benzene rings is 1. The van der Waals surface area contributed by atoms with Crippen LogP contribution in [-0.2, 0) is 16.6 Å². The summed E-state index contributed by atoms with van der Waals surface area (Å²) in [5.41, 5.74) is 0.339. The van der Waals surface area contributed by atoms with Crippen LogP contribution in [0.25, 0.3) is 0 Å². The number of hydrogen-bond donors (Lipinski definition) is 3. The lowest BCUT2D eigenvalue weighted by Gasteiger charge is -2.12. The largest absolute Gasteiger partial charge is 0.478 e. The van der Waals surface area contributed by atoms with Gasteiger partial charge in [0.2, 0.25) is 10.0 Å². The van der Waals surface area contributed by atoms with Gasteiger partial charge in [0.15, 0.2) is 0 Å². The molecule has 8 heteroatoms. The highest BCUT2D eigenvalue weighted by molar-refractivity contribution is 7.89. The predicted molar refractivity (Wildman–Crippen MR) is 94.1 cm³/mol. The fraction of sp³-hybridized carbons (Fsp3) is 0.353. The molecule has 2 rings (SSSR count). The number of carboxylic acids is 1. The van der Waals surface area contributed by atoms with Crippen LogP contribution in [-0.4, -0.2) is 26.0 Å². The first-order valence-corrected chi connectivity index (χ1v) is 9.55. The lowest BCUT2D eigenvalue weighted by Crippen LogP contribution is -2.23. The summed E-state index contributed by atoms with van der Waals surface area (Å²) in [5, 5.41) is 12.4. The molecule has 0 saturated heterocycles. The summed E-state index contributed by atoms with van der Waals surface area (Å²) in [4.78, 5) is 11.4. The van der Waals surface area contributed by atoms with Crippen molar-refractivity contribution in [1.82, 2.24) is 4.72 Å². The zero-order valence-electron chi connectivity index (χ0n) is 14.0. The van der Waals surface area contributed by atoms with Gasteiger partial charge in [0.1, 0.15) is 5.76 Å². The minimum absolute atomic E-state index is 0.00520. The summed E-state index contributed by atoms with van der Waals surface area (Å²) >= 11 is 0. The molecule has 0 unspecified atom stereocenters. The molecule has 0 saturated carbocycles. The van der Waals surface area contributed by atoms with Crippen LogP contribution in [0.4, 0.5) is 5.69 Å². The van der Waals surface area contributed by atoms with Crippen molar-refractivity contribution < 1.29 is 22.7 Å². The molecule has 7 nitrogen and oxygen atoms in total. The van der Waals surface area contributed by atoms with Crippen LogP contribution >= 0.6 is 0 Å². The Bertz CT molecular complexity index is 800. The zero-order valence-corrected chi connectivity index (χ0v) is 14.8. The number of anilines is 1. The Labute approximate surface area is 147 Å². The first kappa shape index (κ1) is 19.0. The SMILES string of the molecule is CCCCCNc1ccc(S(=O)(=O)NCc2ccco2)cc1C(=O)O. The maximum atomic E-state index is 12.3. The van der Waals surface area contributed by atoms with Gasteiger partial charge in [-0.15, -0.1) is 0 Å². The number of unbranched alkanes of at least 4 members (excludes halogenated alkanes) is 2.